The summed E-state index contributed by atoms with van der Waals surface area (Å²) in [5, 5.41) is 8.67. The van der Waals surface area contributed by atoms with Gasteiger partial charge < -0.3 is 25.4 Å². The minimum atomic E-state index is -0.511. The van der Waals surface area contributed by atoms with E-state index in [-0.39, 0.29) is 11.6 Å². The van der Waals surface area contributed by atoms with Gasteiger partial charge in [-0.05, 0) is 60.5 Å². The molecule has 8 nitrogen and oxygen atoms in total. The first kappa shape index (κ1) is 32.2. The topological polar surface area (TPSA) is 106 Å². The maximum Gasteiger partial charge on any atom is 0.272 e. The van der Waals surface area contributed by atoms with Gasteiger partial charge in [-0.2, -0.15) is 0 Å². The second-order valence-electron chi connectivity index (χ2n) is 9.52. The van der Waals surface area contributed by atoms with E-state index in [0.29, 0.717) is 45.4 Å². The van der Waals surface area contributed by atoms with Crippen LogP contribution in [0.25, 0.3) is 6.08 Å². The summed E-state index contributed by atoms with van der Waals surface area (Å²) in [7, 11) is 3.09. The number of thioether (sulfide) groups is 1. The highest BCUT2D eigenvalue weighted by atomic mass is 35.5. The number of hydrogen-bond donors (Lipinski definition) is 3. The summed E-state index contributed by atoms with van der Waals surface area (Å²) in [4.78, 5) is 40.3. The molecule has 4 aromatic rings. The van der Waals surface area contributed by atoms with Crippen LogP contribution in [-0.2, 0) is 9.59 Å². The van der Waals surface area contributed by atoms with E-state index in [1.807, 2.05) is 19.1 Å². The fraction of sp³-hybridized carbons (Fsp3) is 0.147. The number of rotatable bonds is 12. The summed E-state index contributed by atoms with van der Waals surface area (Å²) >= 11 is 7.40. The van der Waals surface area contributed by atoms with Crippen molar-refractivity contribution in [2.45, 2.75) is 23.5 Å². The molecule has 3 amide bonds. The van der Waals surface area contributed by atoms with Gasteiger partial charge in [-0.15, -0.1) is 11.8 Å². The lowest BCUT2D eigenvalue weighted by Gasteiger charge is -2.17. The van der Waals surface area contributed by atoms with Crippen molar-refractivity contribution in [3.63, 3.8) is 0 Å². The Kier molecular flexibility index (Phi) is 11.5. The van der Waals surface area contributed by atoms with E-state index < -0.39 is 17.1 Å². The van der Waals surface area contributed by atoms with Gasteiger partial charge in [0.2, 0.25) is 5.91 Å². The van der Waals surface area contributed by atoms with E-state index in [2.05, 4.69) is 16.0 Å². The molecule has 1 unspecified atom stereocenters. The molecule has 0 spiro atoms. The number of carbonyl (C=O) groups excluding carboxylic acids is 3. The van der Waals surface area contributed by atoms with Crippen LogP contribution >= 0.6 is 23.4 Å². The predicted molar refractivity (Wildman–Crippen MR) is 177 cm³/mol. The molecule has 0 saturated heterocycles. The van der Waals surface area contributed by atoms with Crippen molar-refractivity contribution in [3.05, 3.63) is 119 Å². The Hall–Kier alpha value is -4.73. The Bertz CT molecular complexity index is 1620. The highest BCUT2D eigenvalue weighted by Gasteiger charge is 2.20. The molecule has 0 aliphatic rings. The van der Waals surface area contributed by atoms with Crippen LogP contribution in [0.1, 0.15) is 29.3 Å². The first-order valence-electron chi connectivity index (χ1n) is 13.7. The van der Waals surface area contributed by atoms with Crippen LogP contribution in [0.5, 0.6) is 11.5 Å². The molecule has 1 atom stereocenters. The molecule has 0 heterocycles. The van der Waals surface area contributed by atoms with Crippen molar-refractivity contribution in [1.82, 2.24) is 5.32 Å². The van der Waals surface area contributed by atoms with E-state index >= 15 is 0 Å². The van der Waals surface area contributed by atoms with E-state index in [1.165, 1.54) is 11.8 Å². The van der Waals surface area contributed by atoms with Crippen LogP contribution < -0.4 is 25.4 Å². The molecule has 3 N–H and O–H groups in total. The molecule has 0 aliphatic carbocycles. The molecule has 0 bridgehead atoms. The van der Waals surface area contributed by atoms with Crippen molar-refractivity contribution in [2.75, 3.05) is 24.9 Å². The van der Waals surface area contributed by atoms with E-state index in [1.54, 1.807) is 105 Å². The zero-order chi connectivity index (χ0) is 31.5. The molecule has 226 valence electrons. The number of halogens is 1. The molecular formula is C34H32ClN3O5S. The Morgan fingerprint density at radius 3 is 2.14 bits per heavy atom. The predicted octanol–water partition coefficient (Wildman–Crippen LogP) is 7.28. The van der Waals surface area contributed by atoms with Crippen molar-refractivity contribution in [1.29, 1.82) is 0 Å². The van der Waals surface area contributed by atoms with Gasteiger partial charge in [-0.25, -0.2) is 0 Å². The zero-order valence-corrected chi connectivity index (χ0v) is 26.0. The highest BCUT2D eigenvalue weighted by molar-refractivity contribution is 8.00. The number of anilines is 2. The summed E-state index contributed by atoms with van der Waals surface area (Å²) < 4.78 is 10.6. The second kappa shape index (κ2) is 15.7. The van der Waals surface area contributed by atoms with E-state index in [9.17, 15) is 14.4 Å². The van der Waals surface area contributed by atoms with Gasteiger partial charge in [0.15, 0.2) is 0 Å². The average Bonchev–Trinajstić information content (AvgIpc) is 3.04. The van der Waals surface area contributed by atoms with Crippen molar-refractivity contribution < 1.29 is 23.9 Å². The fourth-order valence-electron chi connectivity index (χ4n) is 4.10. The van der Waals surface area contributed by atoms with Gasteiger partial charge in [0.05, 0.1) is 19.5 Å². The van der Waals surface area contributed by atoms with Gasteiger partial charge in [0, 0.05) is 45.1 Å². The minimum absolute atomic E-state index is 0.0544. The van der Waals surface area contributed by atoms with Gasteiger partial charge in [-0.1, -0.05) is 54.9 Å². The number of methoxy groups -OCH3 is 2. The molecule has 4 aromatic carbocycles. The summed E-state index contributed by atoms with van der Waals surface area (Å²) in [5.41, 5.74) is 2.21. The Morgan fingerprint density at radius 1 is 0.818 bits per heavy atom. The third-order valence-corrected chi connectivity index (χ3v) is 7.97. The van der Waals surface area contributed by atoms with E-state index in [0.717, 1.165) is 4.90 Å². The molecule has 44 heavy (non-hydrogen) atoms. The van der Waals surface area contributed by atoms with Crippen LogP contribution in [0, 0.1) is 0 Å². The van der Waals surface area contributed by atoms with Gasteiger partial charge in [0.1, 0.15) is 17.2 Å². The molecular weight excluding hydrogens is 598 g/mol. The Morgan fingerprint density at radius 2 is 1.50 bits per heavy atom. The van der Waals surface area contributed by atoms with Gasteiger partial charge in [0.25, 0.3) is 11.8 Å². The van der Waals surface area contributed by atoms with Crippen LogP contribution in [0.4, 0.5) is 11.4 Å². The largest absolute Gasteiger partial charge is 0.497 e. The Labute approximate surface area is 265 Å². The molecule has 10 heteroatoms. The number of amides is 3. The lowest BCUT2D eigenvalue weighted by Crippen LogP contribution is -2.30. The molecule has 4 rings (SSSR count). The molecule has 0 saturated carbocycles. The third-order valence-electron chi connectivity index (χ3n) is 6.36. The maximum atomic E-state index is 13.4. The van der Waals surface area contributed by atoms with E-state index in [4.69, 9.17) is 21.1 Å². The summed E-state index contributed by atoms with van der Waals surface area (Å²) in [5.74, 6) is 0.0133. The quantitative estimate of drug-likeness (QED) is 0.112. The highest BCUT2D eigenvalue weighted by Crippen LogP contribution is 2.30. The number of hydrogen-bond acceptors (Lipinski definition) is 6. The van der Waals surface area contributed by atoms with Crippen molar-refractivity contribution >= 4 is 58.5 Å². The lowest BCUT2D eigenvalue weighted by molar-refractivity contribution is -0.116. The maximum absolute atomic E-state index is 13.4. The lowest BCUT2D eigenvalue weighted by atomic mass is 10.1. The summed E-state index contributed by atoms with van der Waals surface area (Å²) in [6.07, 6.45) is 2.14. The zero-order valence-electron chi connectivity index (χ0n) is 24.4. The van der Waals surface area contributed by atoms with Crippen molar-refractivity contribution in [2.24, 2.45) is 0 Å². The first-order chi connectivity index (χ1) is 21.3. The van der Waals surface area contributed by atoms with Crippen LogP contribution in [0.2, 0.25) is 5.02 Å². The first-order valence-corrected chi connectivity index (χ1v) is 15.0. The average molecular weight is 630 g/mol. The van der Waals surface area contributed by atoms with Crippen molar-refractivity contribution in [3.8, 4) is 11.5 Å². The number of carbonyl (C=O) groups is 3. The number of ether oxygens (including phenoxy) is 2. The van der Waals surface area contributed by atoms with Crippen LogP contribution in [-0.4, -0.2) is 37.2 Å². The molecule has 0 radical (unpaired) electrons. The molecule has 0 aromatic heterocycles. The van der Waals surface area contributed by atoms with Gasteiger partial charge >= 0.3 is 0 Å². The normalized spacial score (nSPS) is 11.7. The third kappa shape index (κ3) is 9.13. The fourth-order valence-corrected chi connectivity index (χ4v) is 5.24. The standard InChI is InChI=1S/C34H32ClN3O5S/c1-4-31(34(41)37-26-18-27(42-2)21-28(19-26)43-3)44-29-12-8-11-25(20-29)36-33(40)30(17-22-13-15-24(35)16-14-22)38-32(39)23-9-6-5-7-10-23/h5-21,31H,4H2,1-3H3,(H,36,40)(H,37,41)(H,38,39)/b30-17-. The second-order valence-corrected chi connectivity index (χ2v) is 11.2. The van der Waals surface area contributed by atoms with Crippen LogP contribution in [0.15, 0.2) is 108 Å². The van der Waals surface area contributed by atoms with Gasteiger partial charge in [-0.3, -0.25) is 14.4 Å². The number of nitrogens with one attached hydrogen (secondary N) is 3. The monoisotopic (exact) mass is 629 g/mol. The Balaban J connectivity index is 1.49. The van der Waals surface area contributed by atoms with Crippen LogP contribution in [0.3, 0.4) is 0 Å². The summed E-state index contributed by atoms with van der Waals surface area (Å²) in [6.45, 7) is 1.93. The smallest absolute Gasteiger partial charge is 0.272 e. The number of benzene rings is 4. The summed E-state index contributed by atoms with van der Waals surface area (Å²) in [6, 6.07) is 27.9. The molecule has 0 aliphatic heterocycles. The molecule has 0 fully saturated rings. The SMILES string of the molecule is CCC(Sc1cccc(NC(=O)/C(=C/c2ccc(Cl)cc2)NC(=O)c2ccccc2)c1)C(=O)Nc1cc(OC)cc(OC)c1. The minimum Gasteiger partial charge on any atom is -0.497 e.